The average molecular weight is 479 g/mol. The third kappa shape index (κ3) is 4.38. The second-order valence-corrected chi connectivity index (χ2v) is 9.51. The number of rotatable bonds is 7. The lowest BCUT2D eigenvalue weighted by molar-refractivity contribution is -0.133. The monoisotopic (exact) mass is 478 g/mol. The summed E-state index contributed by atoms with van der Waals surface area (Å²) in [6.45, 7) is 5.35. The first-order chi connectivity index (χ1) is 16.2. The number of hydrogen-bond donors (Lipinski definition) is 2. The van der Waals surface area contributed by atoms with Gasteiger partial charge in [-0.05, 0) is 30.5 Å². The van der Waals surface area contributed by atoms with E-state index in [-0.39, 0.29) is 5.92 Å². The number of imide groups is 1. The molecule has 34 heavy (non-hydrogen) atoms. The number of ether oxygens (including phenoxy) is 1. The highest BCUT2D eigenvalue weighted by Crippen LogP contribution is 2.36. The van der Waals surface area contributed by atoms with Crippen LogP contribution in [0.3, 0.4) is 0 Å². The van der Waals surface area contributed by atoms with Crippen LogP contribution in [0, 0.1) is 0 Å². The number of amides is 4. The van der Waals surface area contributed by atoms with Crippen LogP contribution in [-0.4, -0.2) is 41.4 Å². The van der Waals surface area contributed by atoms with Crippen molar-refractivity contribution in [3.05, 3.63) is 65.0 Å². The molecule has 0 aliphatic carbocycles. The standard InChI is InChI=1S/C25H26N4O4S/c1-15(2)21-20(16-8-6-5-7-9-16)27-23(34-21)26-19(30)14-29-22(31)25(3,28-24(29)32)17-10-12-18(33-4)13-11-17/h5-13,15H,14H2,1-4H3,(H,28,32)(H,26,27,30). The minimum atomic E-state index is -1.27. The number of carbonyl (C=O) groups is 3. The second-order valence-electron chi connectivity index (χ2n) is 8.48. The van der Waals surface area contributed by atoms with E-state index in [1.165, 1.54) is 11.3 Å². The Labute approximate surface area is 202 Å². The van der Waals surface area contributed by atoms with Gasteiger partial charge in [0.05, 0.1) is 12.8 Å². The van der Waals surface area contributed by atoms with Gasteiger partial charge in [0.2, 0.25) is 5.91 Å². The van der Waals surface area contributed by atoms with Crippen molar-refractivity contribution >= 4 is 34.3 Å². The molecule has 1 atom stereocenters. The van der Waals surface area contributed by atoms with Crippen molar-refractivity contribution in [1.82, 2.24) is 15.2 Å². The number of benzene rings is 2. The van der Waals surface area contributed by atoms with Crippen LogP contribution < -0.4 is 15.4 Å². The van der Waals surface area contributed by atoms with Crippen molar-refractivity contribution in [2.45, 2.75) is 32.2 Å². The Morgan fingerprint density at radius 1 is 1.15 bits per heavy atom. The van der Waals surface area contributed by atoms with Gasteiger partial charge in [-0.3, -0.25) is 14.5 Å². The molecule has 2 N–H and O–H groups in total. The SMILES string of the molecule is COc1ccc(C2(C)NC(=O)N(CC(=O)Nc3nc(-c4ccccc4)c(C(C)C)s3)C2=O)cc1. The first kappa shape index (κ1) is 23.4. The van der Waals surface area contributed by atoms with Gasteiger partial charge in [0.25, 0.3) is 5.91 Å². The number of urea groups is 1. The zero-order valence-electron chi connectivity index (χ0n) is 19.4. The Bertz CT molecular complexity index is 1220. The topological polar surface area (TPSA) is 101 Å². The van der Waals surface area contributed by atoms with Gasteiger partial charge < -0.3 is 15.4 Å². The number of aromatic nitrogens is 1. The Balaban J connectivity index is 1.50. The van der Waals surface area contributed by atoms with E-state index in [0.29, 0.717) is 16.4 Å². The number of hydrogen-bond acceptors (Lipinski definition) is 6. The van der Waals surface area contributed by atoms with Crippen LogP contribution in [0.4, 0.5) is 9.93 Å². The molecule has 0 bridgehead atoms. The molecule has 4 rings (SSSR count). The third-order valence-electron chi connectivity index (χ3n) is 5.72. The normalized spacial score (nSPS) is 17.7. The molecule has 1 aliphatic heterocycles. The van der Waals surface area contributed by atoms with Gasteiger partial charge in [-0.25, -0.2) is 9.78 Å². The maximum atomic E-state index is 13.1. The van der Waals surface area contributed by atoms with E-state index in [1.807, 2.05) is 30.3 Å². The van der Waals surface area contributed by atoms with E-state index in [2.05, 4.69) is 29.5 Å². The Morgan fingerprint density at radius 2 is 1.82 bits per heavy atom. The first-order valence-corrected chi connectivity index (χ1v) is 11.7. The highest BCUT2D eigenvalue weighted by atomic mass is 32.1. The zero-order chi connectivity index (χ0) is 24.5. The minimum Gasteiger partial charge on any atom is -0.497 e. The number of anilines is 1. The average Bonchev–Trinajstić information content (AvgIpc) is 3.35. The summed E-state index contributed by atoms with van der Waals surface area (Å²) in [5.41, 5.74) is 1.12. The molecule has 0 spiro atoms. The Morgan fingerprint density at radius 3 is 2.44 bits per heavy atom. The van der Waals surface area contributed by atoms with Gasteiger partial charge in [-0.2, -0.15) is 0 Å². The highest BCUT2D eigenvalue weighted by molar-refractivity contribution is 7.16. The number of nitrogens with one attached hydrogen (secondary N) is 2. The summed E-state index contributed by atoms with van der Waals surface area (Å²) in [7, 11) is 1.55. The summed E-state index contributed by atoms with van der Waals surface area (Å²) in [6.07, 6.45) is 0. The molecule has 4 amide bonds. The molecule has 1 aromatic heterocycles. The Kier molecular flexibility index (Phi) is 6.39. The predicted molar refractivity (Wildman–Crippen MR) is 131 cm³/mol. The van der Waals surface area contributed by atoms with E-state index < -0.39 is 29.9 Å². The number of nitrogens with zero attached hydrogens (tertiary/aromatic N) is 2. The second kappa shape index (κ2) is 9.26. The van der Waals surface area contributed by atoms with Crippen molar-refractivity contribution in [3.63, 3.8) is 0 Å². The fraction of sp³-hybridized carbons (Fsp3) is 0.280. The summed E-state index contributed by atoms with van der Waals surface area (Å²) in [5.74, 6) is -0.134. The molecule has 0 radical (unpaired) electrons. The molecule has 8 nitrogen and oxygen atoms in total. The van der Waals surface area contributed by atoms with E-state index in [9.17, 15) is 14.4 Å². The fourth-order valence-corrected chi connectivity index (χ4v) is 4.85. The lowest BCUT2D eigenvalue weighted by Gasteiger charge is -2.22. The summed E-state index contributed by atoms with van der Waals surface area (Å²) in [4.78, 5) is 45.1. The van der Waals surface area contributed by atoms with Crippen molar-refractivity contribution in [2.75, 3.05) is 19.0 Å². The van der Waals surface area contributed by atoms with Crippen molar-refractivity contribution in [3.8, 4) is 17.0 Å². The van der Waals surface area contributed by atoms with E-state index in [4.69, 9.17) is 4.74 Å². The summed E-state index contributed by atoms with van der Waals surface area (Å²) in [5, 5.41) is 5.89. The van der Waals surface area contributed by atoms with Gasteiger partial charge in [-0.1, -0.05) is 56.3 Å². The smallest absolute Gasteiger partial charge is 0.325 e. The molecule has 176 valence electrons. The lowest BCUT2D eigenvalue weighted by atomic mass is 9.92. The van der Waals surface area contributed by atoms with Crippen LogP contribution in [0.25, 0.3) is 11.3 Å². The lowest BCUT2D eigenvalue weighted by Crippen LogP contribution is -2.42. The quantitative estimate of drug-likeness (QED) is 0.492. The molecule has 1 unspecified atom stereocenters. The molecule has 1 saturated heterocycles. The molecule has 1 fully saturated rings. The van der Waals surface area contributed by atoms with Gasteiger partial charge in [0.1, 0.15) is 17.8 Å². The van der Waals surface area contributed by atoms with Gasteiger partial charge in [0, 0.05) is 10.4 Å². The predicted octanol–water partition coefficient (Wildman–Crippen LogP) is 4.35. The number of thiazole rings is 1. The van der Waals surface area contributed by atoms with Crippen molar-refractivity contribution in [2.24, 2.45) is 0 Å². The van der Waals surface area contributed by atoms with Crippen LogP contribution in [0.5, 0.6) is 5.75 Å². The largest absolute Gasteiger partial charge is 0.497 e. The van der Waals surface area contributed by atoms with E-state index in [0.717, 1.165) is 21.0 Å². The number of methoxy groups -OCH3 is 1. The van der Waals surface area contributed by atoms with E-state index in [1.54, 1.807) is 38.3 Å². The van der Waals surface area contributed by atoms with Crippen LogP contribution in [-0.2, 0) is 15.1 Å². The molecule has 2 aromatic carbocycles. The van der Waals surface area contributed by atoms with Crippen LogP contribution in [0.1, 0.15) is 37.1 Å². The molecule has 0 saturated carbocycles. The van der Waals surface area contributed by atoms with Crippen LogP contribution in [0.2, 0.25) is 0 Å². The maximum absolute atomic E-state index is 13.1. The maximum Gasteiger partial charge on any atom is 0.325 e. The first-order valence-electron chi connectivity index (χ1n) is 10.9. The van der Waals surface area contributed by atoms with Crippen LogP contribution in [0.15, 0.2) is 54.6 Å². The summed E-state index contributed by atoms with van der Waals surface area (Å²) >= 11 is 1.39. The summed E-state index contributed by atoms with van der Waals surface area (Å²) < 4.78 is 5.16. The fourth-order valence-electron chi connectivity index (χ4n) is 3.84. The molecular formula is C25H26N4O4S. The zero-order valence-corrected chi connectivity index (χ0v) is 20.2. The van der Waals surface area contributed by atoms with E-state index >= 15 is 0 Å². The molecule has 1 aliphatic rings. The molecular weight excluding hydrogens is 452 g/mol. The van der Waals surface area contributed by atoms with Crippen LogP contribution >= 0.6 is 11.3 Å². The number of carbonyl (C=O) groups excluding carboxylic acids is 3. The molecule has 2 heterocycles. The van der Waals surface area contributed by atoms with Gasteiger partial charge in [-0.15, -0.1) is 11.3 Å². The Hall–Kier alpha value is -3.72. The highest BCUT2D eigenvalue weighted by Gasteiger charge is 2.49. The summed E-state index contributed by atoms with van der Waals surface area (Å²) in [6, 6.07) is 16.0. The minimum absolute atomic E-state index is 0.217. The van der Waals surface area contributed by atoms with Gasteiger partial charge >= 0.3 is 6.03 Å². The molecule has 3 aromatic rings. The van der Waals surface area contributed by atoms with Crippen molar-refractivity contribution in [1.29, 1.82) is 0 Å². The molecule has 9 heteroatoms. The van der Waals surface area contributed by atoms with Crippen molar-refractivity contribution < 1.29 is 19.1 Å². The third-order valence-corrected chi connectivity index (χ3v) is 6.99. The van der Waals surface area contributed by atoms with Gasteiger partial charge in [0.15, 0.2) is 5.13 Å².